The second kappa shape index (κ2) is 3.58. The molecule has 0 radical (unpaired) electrons. The van der Waals surface area contributed by atoms with Crippen LogP contribution >= 0.6 is 0 Å². The molecule has 1 aliphatic heterocycles. The van der Waals surface area contributed by atoms with Crippen LogP contribution in [0.2, 0.25) is 0 Å². The molecule has 1 N–H and O–H groups in total. The quantitative estimate of drug-likeness (QED) is 0.640. The molecule has 2 rings (SSSR count). The number of amides is 1. The van der Waals surface area contributed by atoms with Crippen molar-refractivity contribution in [1.82, 2.24) is 9.97 Å². The number of nitrogens with one attached hydrogen (secondary N) is 1. The monoisotopic (exact) mass is 203 g/mol. The molecule has 5 nitrogen and oxygen atoms in total. The van der Waals surface area contributed by atoms with Crippen molar-refractivity contribution in [1.29, 1.82) is 0 Å². The Morgan fingerprint density at radius 3 is 3.00 bits per heavy atom. The van der Waals surface area contributed by atoms with Gasteiger partial charge in [-0.25, -0.2) is 4.98 Å². The molecular formula is C10H9N3O2. The largest absolute Gasteiger partial charge is 0.292 e. The number of aromatic nitrogens is 2. The van der Waals surface area contributed by atoms with Crippen molar-refractivity contribution in [3.8, 4) is 12.3 Å². The summed E-state index contributed by atoms with van der Waals surface area (Å²) in [5, 5.41) is 0. The Bertz CT molecular complexity index is 486. The Kier molecular flexibility index (Phi) is 2.26. The second-order valence-electron chi connectivity index (χ2n) is 3.33. The number of nitrogens with zero attached hydrogens (tertiary/aromatic N) is 2. The Morgan fingerprint density at radius 1 is 1.60 bits per heavy atom. The van der Waals surface area contributed by atoms with Crippen molar-refractivity contribution in [2.45, 2.75) is 6.42 Å². The summed E-state index contributed by atoms with van der Waals surface area (Å²) in [5.74, 6) is 2.60. The zero-order chi connectivity index (χ0) is 10.8. The van der Waals surface area contributed by atoms with Crippen LogP contribution < -0.4 is 10.5 Å². The summed E-state index contributed by atoms with van der Waals surface area (Å²) < 4.78 is 0. The van der Waals surface area contributed by atoms with Crippen molar-refractivity contribution < 1.29 is 4.79 Å². The zero-order valence-corrected chi connectivity index (χ0v) is 7.93. The van der Waals surface area contributed by atoms with E-state index in [1.54, 1.807) is 0 Å². The van der Waals surface area contributed by atoms with E-state index in [1.165, 1.54) is 17.2 Å². The lowest BCUT2D eigenvalue weighted by Gasteiger charge is -2.12. The summed E-state index contributed by atoms with van der Waals surface area (Å²) in [6.07, 6.45) is 6.93. The molecule has 1 aromatic rings. The predicted octanol–water partition coefficient (Wildman–Crippen LogP) is -0.244. The molecule has 1 amide bonds. The number of anilines is 1. The molecule has 0 spiro atoms. The van der Waals surface area contributed by atoms with Gasteiger partial charge < -0.3 is 0 Å². The first-order valence-corrected chi connectivity index (χ1v) is 4.52. The molecule has 15 heavy (non-hydrogen) atoms. The summed E-state index contributed by atoms with van der Waals surface area (Å²) in [7, 11) is 0. The van der Waals surface area contributed by atoms with E-state index in [0.29, 0.717) is 13.0 Å². The number of carbonyl (C=O) groups is 1. The summed E-state index contributed by atoms with van der Waals surface area (Å²) in [4.78, 5) is 30.4. The molecule has 1 aliphatic rings. The second-order valence-corrected chi connectivity index (χ2v) is 3.33. The normalized spacial score (nSPS) is 20.3. The maximum absolute atomic E-state index is 11.5. The van der Waals surface area contributed by atoms with Crippen LogP contribution in [-0.2, 0) is 4.79 Å². The van der Waals surface area contributed by atoms with Crippen LogP contribution in [0.3, 0.4) is 0 Å². The number of hydrogen-bond acceptors (Lipinski definition) is 3. The molecule has 5 heteroatoms. The maximum Gasteiger partial charge on any atom is 0.252 e. The molecule has 1 fully saturated rings. The van der Waals surface area contributed by atoms with Crippen molar-refractivity contribution in [2.24, 2.45) is 5.92 Å². The van der Waals surface area contributed by atoms with E-state index in [9.17, 15) is 9.59 Å². The van der Waals surface area contributed by atoms with E-state index in [-0.39, 0.29) is 23.3 Å². The molecule has 1 aromatic heterocycles. The van der Waals surface area contributed by atoms with E-state index in [1.807, 2.05) is 0 Å². The van der Waals surface area contributed by atoms with Gasteiger partial charge in [-0.15, -0.1) is 12.3 Å². The smallest absolute Gasteiger partial charge is 0.252 e. The maximum atomic E-state index is 11.5. The van der Waals surface area contributed by atoms with Gasteiger partial charge in [0.05, 0.1) is 0 Å². The lowest BCUT2D eigenvalue weighted by Crippen LogP contribution is -2.28. The average Bonchev–Trinajstić information content (AvgIpc) is 2.60. The summed E-state index contributed by atoms with van der Waals surface area (Å²) >= 11 is 0. The van der Waals surface area contributed by atoms with Crippen LogP contribution in [0.1, 0.15) is 6.42 Å². The molecule has 1 saturated heterocycles. The first kappa shape index (κ1) is 9.46. The lowest BCUT2D eigenvalue weighted by atomic mass is 10.1. The van der Waals surface area contributed by atoms with E-state index in [2.05, 4.69) is 15.9 Å². The van der Waals surface area contributed by atoms with Gasteiger partial charge in [0.1, 0.15) is 0 Å². The Balaban J connectivity index is 2.30. The minimum atomic E-state index is -0.281. The minimum absolute atomic E-state index is 0.0944. The number of aromatic amines is 1. The molecule has 76 valence electrons. The van der Waals surface area contributed by atoms with Gasteiger partial charge in [-0.1, -0.05) is 0 Å². The molecule has 0 saturated carbocycles. The van der Waals surface area contributed by atoms with Gasteiger partial charge >= 0.3 is 0 Å². The standard InChI is InChI=1S/C10H9N3O2/c1-2-7-5-9(15)13(6-7)10-11-4-3-8(14)12-10/h1,3-4,7H,5-6H2,(H,11,12,14). The van der Waals surface area contributed by atoms with Gasteiger partial charge in [-0.05, 0) is 0 Å². The Labute approximate surface area is 86.1 Å². The third kappa shape index (κ3) is 1.74. The third-order valence-electron chi connectivity index (χ3n) is 2.27. The van der Waals surface area contributed by atoms with Gasteiger partial charge in [0, 0.05) is 31.1 Å². The number of carbonyl (C=O) groups excluding carboxylic acids is 1. The van der Waals surface area contributed by atoms with Gasteiger partial charge in [0.2, 0.25) is 11.9 Å². The molecular weight excluding hydrogens is 194 g/mol. The van der Waals surface area contributed by atoms with E-state index in [0.717, 1.165) is 0 Å². The van der Waals surface area contributed by atoms with Gasteiger partial charge in [0.25, 0.3) is 5.56 Å². The first-order valence-electron chi connectivity index (χ1n) is 4.52. The van der Waals surface area contributed by atoms with Crippen LogP contribution in [0, 0.1) is 18.3 Å². The van der Waals surface area contributed by atoms with Gasteiger partial charge in [-0.3, -0.25) is 19.5 Å². The van der Waals surface area contributed by atoms with Crippen molar-refractivity contribution in [3.63, 3.8) is 0 Å². The van der Waals surface area contributed by atoms with Crippen molar-refractivity contribution in [3.05, 3.63) is 22.6 Å². The van der Waals surface area contributed by atoms with Crippen molar-refractivity contribution in [2.75, 3.05) is 11.4 Å². The topological polar surface area (TPSA) is 66.1 Å². The van der Waals surface area contributed by atoms with Crippen LogP contribution in [0.25, 0.3) is 0 Å². The highest BCUT2D eigenvalue weighted by Gasteiger charge is 2.30. The summed E-state index contributed by atoms with van der Waals surface area (Å²) in [5.41, 5.74) is -0.281. The molecule has 0 aromatic carbocycles. The number of hydrogen-bond donors (Lipinski definition) is 1. The van der Waals surface area contributed by atoms with Crippen LogP contribution in [0.5, 0.6) is 0 Å². The highest BCUT2D eigenvalue weighted by Crippen LogP contribution is 2.20. The fraction of sp³-hybridized carbons (Fsp3) is 0.300. The first-order chi connectivity index (χ1) is 7.20. The highest BCUT2D eigenvalue weighted by molar-refractivity contribution is 5.94. The summed E-state index contributed by atoms with van der Waals surface area (Å²) in [6.45, 7) is 0.419. The SMILES string of the molecule is C#CC1CC(=O)N(c2nccc(=O)[nH]2)C1. The predicted molar refractivity (Wildman–Crippen MR) is 54.2 cm³/mol. The summed E-state index contributed by atoms with van der Waals surface area (Å²) in [6, 6.07) is 1.29. The van der Waals surface area contributed by atoms with E-state index < -0.39 is 0 Å². The van der Waals surface area contributed by atoms with Crippen LogP contribution in [0.4, 0.5) is 5.95 Å². The zero-order valence-electron chi connectivity index (χ0n) is 7.93. The lowest BCUT2D eigenvalue weighted by molar-refractivity contribution is -0.117. The fourth-order valence-corrected chi connectivity index (χ4v) is 1.52. The van der Waals surface area contributed by atoms with Crippen molar-refractivity contribution >= 4 is 11.9 Å². The Hall–Kier alpha value is -2.09. The molecule has 2 heterocycles. The van der Waals surface area contributed by atoms with E-state index >= 15 is 0 Å². The van der Waals surface area contributed by atoms with Crippen LogP contribution in [-0.4, -0.2) is 22.4 Å². The van der Waals surface area contributed by atoms with Gasteiger partial charge in [0.15, 0.2) is 0 Å². The number of rotatable bonds is 1. The minimum Gasteiger partial charge on any atom is -0.292 e. The highest BCUT2D eigenvalue weighted by atomic mass is 16.2. The third-order valence-corrected chi connectivity index (χ3v) is 2.27. The van der Waals surface area contributed by atoms with E-state index in [4.69, 9.17) is 6.42 Å². The Morgan fingerprint density at radius 2 is 2.40 bits per heavy atom. The molecule has 1 unspecified atom stereocenters. The molecule has 1 atom stereocenters. The number of terminal acetylenes is 1. The molecule has 0 aliphatic carbocycles. The molecule has 0 bridgehead atoms. The fourth-order valence-electron chi connectivity index (χ4n) is 1.52. The van der Waals surface area contributed by atoms with Crippen LogP contribution in [0.15, 0.2) is 17.1 Å². The van der Waals surface area contributed by atoms with Gasteiger partial charge in [-0.2, -0.15) is 0 Å². The number of H-pyrrole nitrogens is 1. The average molecular weight is 203 g/mol.